The predicted molar refractivity (Wildman–Crippen MR) is 81.7 cm³/mol. The third-order valence-corrected chi connectivity index (χ3v) is 4.67. The third-order valence-electron chi connectivity index (χ3n) is 4.67. The lowest BCUT2D eigenvalue weighted by atomic mass is 9.91. The van der Waals surface area contributed by atoms with E-state index in [1.807, 2.05) is 0 Å². The number of β-amino-alcohol motifs (C(OH)–C–C–N with tert-alkyl or cyclic N) is 1. The fraction of sp³-hybridized carbons (Fsp3) is 0.588. The van der Waals surface area contributed by atoms with Crippen molar-refractivity contribution in [3.8, 4) is 0 Å². The molecule has 1 aromatic rings. The minimum Gasteiger partial charge on any atom is -0.379 e. The van der Waals surface area contributed by atoms with Crippen LogP contribution in [0.1, 0.15) is 31.2 Å². The lowest BCUT2D eigenvalue weighted by molar-refractivity contribution is -0.159. The molecule has 3 rings (SSSR count). The number of amides is 1. The van der Waals surface area contributed by atoms with Gasteiger partial charge >= 0.3 is 0 Å². The Bertz CT molecular complexity index is 528. The molecule has 0 saturated carbocycles. The molecule has 0 aliphatic carbocycles. The molecular formula is C17H23FN2O2. The first-order valence-corrected chi connectivity index (χ1v) is 8.05. The zero-order chi connectivity index (χ0) is 15.6. The van der Waals surface area contributed by atoms with E-state index in [1.54, 1.807) is 17.0 Å². The summed E-state index contributed by atoms with van der Waals surface area (Å²) in [5.74, 6) is -0.464. The molecule has 5 heteroatoms. The molecular weight excluding hydrogens is 283 g/mol. The number of aliphatic hydroxyl groups is 1. The summed E-state index contributed by atoms with van der Waals surface area (Å²) in [5.41, 5.74) is -0.372. The predicted octanol–water partition coefficient (Wildman–Crippen LogP) is 1.78. The topological polar surface area (TPSA) is 43.8 Å². The number of piperidine rings is 1. The molecule has 2 heterocycles. The molecule has 1 atom stereocenters. The number of rotatable bonds is 4. The second-order valence-corrected chi connectivity index (χ2v) is 6.47. The second kappa shape index (κ2) is 6.34. The van der Waals surface area contributed by atoms with Crippen LogP contribution in [-0.4, -0.2) is 52.6 Å². The van der Waals surface area contributed by atoms with Crippen LogP contribution in [0.15, 0.2) is 24.3 Å². The van der Waals surface area contributed by atoms with Crippen molar-refractivity contribution in [2.75, 3.05) is 26.2 Å². The Balaban J connectivity index is 1.67. The van der Waals surface area contributed by atoms with Gasteiger partial charge in [-0.15, -0.1) is 0 Å². The maximum atomic E-state index is 13.0. The lowest BCUT2D eigenvalue weighted by Crippen LogP contribution is -2.58. The standard InChI is InChI=1S/C17H23FN2O2/c18-15-6-4-14(5-7-15)12-20-11-3-8-17(22,16(20)21)13-19-9-1-2-10-19/h4-7,22H,1-3,8-13H2. The molecule has 1 aromatic carbocycles. The maximum Gasteiger partial charge on any atom is 0.256 e. The fourth-order valence-electron chi connectivity index (χ4n) is 3.48. The minimum absolute atomic E-state index is 0.185. The van der Waals surface area contributed by atoms with Crippen LogP contribution in [-0.2, 0) is 11.3 Å². The Hall–Kier alpha value is -1.46. The van der Waals surface area contributed by atoms with Crippen LogP contribution in [0, 0.1) is 5.82 Å². The summed E-state index contributed by atoms with van der Waals surface area (Å²) in [4.78, 5) is 16.6. The third kappa shape index (κ3) is 3.31. The average molecular weight is 306 g/mol. The van der Waals surface area contributed by atoms with E-state index in [-0.39, 0.29) is 11.7 Å². The van der Waals surface area contributed by atoms with E-state index < -0.39 is 5.60 Å². The molecule has 1 N–H and O–H groups in total. The van der Waals surface area contributed by atoms with E-state index in [1.165, 1.54) is 12.1 Å². The zero-order valence-corrected chi connectivity index (χ0v) is 12.8. The van der Waals surface area contributed by atoms with Crippen molar-refractivity contribution in [2.24, 2.45) is 0 Å². The summed E-state index contributed by atoms with van der Waals surface area (Å²) in [6, 6.07) is 6.19. The molecule has 2 aliphatic heterocycles. The molecule has 1 unspecified atom stereocenters. The van der Waals surface area contributed by atoms with Crippen LogP contribution in [0.2, 0.25) is 0 Å². The summed E-state index contributed by atoms with van der Waals surface area (Å²) in [6.45, 7) is 3.45. The first-order valence-electron chi connectivity index (χ1n) is 8.05. The molecule has 0 bridgehead atoms. The maximum absolute atomic E-state index is 13.0. The Labute approximate surface area is 130 Å². The van der Waals surface area contributed by atoms with Gasteiger partial charge in [-0.05, 0) is 56.5 Å². The number of carbonyl (C=O) groups excluding carboxylic acids is 1. The monoisotopic (exact) mass is 306 g/mol. The van der Waals surface area contributed by atoms with Gasteiger partial charge in [-0.25, -0.2) is 4.39 Å². The van der Waals surface area contributed by atoms with E-state index in [4.69, 9.17) is 0 Å². The van der Waals surface area contributed by atoms with Gasteiger partial charge in [0.1, 0.15) is 5.82 Å². The highest BCUT2D eigenvalue weighted by Crippen LogP contribution is 2.26. The van der Waals surface area contributed by atoms with Crippen LogP contribution in [0.4, 0.5) is 4.39 Å². The van der Waals surface area contributed by atoms with Crippen LogP contribution < -0.4 is 0 Å². The number of hydrogen-bond donors (Lipinski definition) is 1. The van der Waals surface area contributed by atoms with Crippen molar-refractivity contribution in [3.63, 3.8) is 0 Å². The van der Waals surface area contributed by atoms with Gasteiger partial charge in [0, 0.05) is 19.6 Å². The molecule has 0 aromatic heterocycles. The van der Waals surface area contributed by atoms with Crippen LogP contribution in [0.25, 0.3) is 0 Å². The largest absolute Gasteiger partial charge is 0.379 e. The van der Waals surface area contributed by atoms with Gasteiger partial charge in [0.25, 0.3) is 5.91 Å². The van der Waals surface area contributed by atoms with Crippen molar-refractivity contribution < 1.29 is 14.3 Å². The number of likely N-dealkylation sites (tertiary alicyclic amines) is 2. The van der Waals surface area contributed by atoms with Crippen molar-refractivity contribution in [3.05, 3.63) is 35.6 Å². The summed E-state index contributed by atoms with van der Waals surface area (Å²) < 4.78 is 13.0. The Morgan fingerprint density at radius 2 is 1.77 bits per heavy atom. The van der Waals surface area contributed by atoms with Crippen molar-refractivity contribution in [1.82, 2.24) is 9.80 Å². The molecule has 2 fully saturated rings. The highest BCUT2D eigenvalue weighted by Gasteiger charge is 2.43. The lowest BCUT2D eigenvalue weighted by Gasteiger charge is -2.40. The molecule has 1 amide bonds. The van der Waals surface area contributed by atoms with Gasteiger partial charge < -0.3 is 10.0 Å². The molecule has 22 heavy (non-hydrogen) atoms. The highest BCUT2D eigenvalue weighted by molar-refractivity contribution is 5.86. The number of benzene rings is 1. The molecule has 2 saturated heterocycles. The van der Waals surface area contributed by atoms with E-state index in [9.17, 15) is 14.3 Å². The number of nitrogens with zero attached hydrogens (tertiary/aromatic N) is 2. The van der Waals surface area contributed by atoms with Gasteiger partial charge in [0.2, 0.25) is 0 Å². The van der Waals surface area contributed by atoms with Gasteiger partial charge in [-0.2, -0.15) is 0 Å². The first kappa shape index (κ1) is 15.4. The van der Waals surface area contributed by atoms with Gasteiger partial charge in [-0.1, -0.05) is 12.1 Å². The molecule has 2 aliphatic rings. The minimum atomic E-state index is -1.26. The number of halogens is 1. The fourth-order valence-corrected chi connectivity index (χ4v) is 3.48. The normalized spacial score (nSPS) is 26.6. The summed E-state index contributed by atoms with van der Waals surface area (Å²) in [6.07, 6.45) is 3.62. The average Bonchev–Trinajstić information content (AvgIpc) is 2.99. The van der Waals surface area contributed by atoms with Crippen LogP contribution in [0.5, 0.6) is 0 Å². The molecule has 0 spiro atoms. The van der Waals surface area contributed by atoms with Gasteiger partial charge in [0.05, 0.1) is 0 Å². The SMILES string of the molecule is O=C1N(Cc2ccc(F)cc2)CCCC1(O)CN1CCCC1. The Kier molecular flexibility index (Phi) is 4.45. The summed E-state index contributed by atoms with van der Waals surface area (Å²) >= 11 is 0. The summed E-state index contributed by atoms with van der Waals surface area (Å²) in [7, 11) is 0. The second-order valence-electron chi connectivity index (χ2n) is 6.47. The highest BCUT2D eigenvalue weighted by atomic mass is 19.1. The van der Waals surface area contributed by atoms with Crippen LogP contribution >= 0.6 is 0 Å². The van der Waals surface area contributed by atoms with Crippen LogP contribution in [0.3, 0.4) is 0 Å². The number of carbonyl (C=O) groups is 1. The van der Waals surface area contributed by atoms with Gasteiger partial charge in [-0.3, -0.25) is 9.69 Å². The molecule has 4 nitrogen and oxygen atoms in total. The van der Waals surface area contributed by atoms with E-state index in [0.29, 0.717) is 26.1 Å². The number of hydrogen-bond acceptors (Lipinski definition) is 3. The van der Waals surface area contributed by atoms with E-state index in [2.05, 4.69) is 4.90 Å². The first-order chi connectivity index (χ1) is 10.6. The summed E-state index contributed by atoms with van der Waals surface area (Å²) in [5, 5.41) is 10.8. The van der Waals surface area contributed by atoms with E-state index in [0.717, 1.165) is 37.9 Å². The van der Waals surface area contributed by atoms with Crippen molar-refractivity contribution in [1.29, 1.82) is 0 Å². The van der Waals surface area contributed by atoms with E-state index >= 15 is 0 Å². The Morgan fingerprint density at radius 3 is 2.45 bits per heavy atom. The molecule has 0 radical (unpaired) electrons. The quantitative estimate of drug-likeness (QED) is 0.922. The van der Waals surface area contributed by atoms with Crippen molar-refractivity contribution in [2.45, 2.75) is 37.8 Å². The molecule has 120 valence electrons. The van der Waals surface area contributed by atoms with Crippen molar-refractivity contribution >= 4 is 5.91 Å². The smallest absolute Gasteiger partial charge is 0.256 e. The Morgan fingerprint density at radius 1 is 1.09 bits per heavy atom. The van der Waals surface area contributed by atoms with Gasteiger partial charge in [0.15, 0.2) is 5.60 Å². The zero-order valence-electron chi connectivity index (χ0n) is 12.8.